The molecule has 5 heteroatoms. The van der Waals surface area contributed by atoms with E-state index in [1.807, 2.05) is 12.1 Å². The van der Waals surface area contributed by atoms with E-state index in [1.165, 1.54) is 0 Å². The number of ether oxygens (including phenoxy) is 2. The number of benzene rings is 1. The second-order valence-electron chi connectivity index (χ2n) is 2.62. The lowest BCUT2D eigenvalue weighted by Gasteiger charge is -2.06. The maximum atomic E-state index is 10.1. The summed E-state index contributed by atoms with van der Waals surface area (Å²) < 4.78 is 30.2. The zero-order chi connectivity index (χ0) is 10.4. The van der Waals surface area contributed by atoms with Crippen LogP contribution in [0, 0.1) is 0 Å². The Labute approximate surface area is 85.1 Å². The van der Waals surface area contributed by atoms with Crippen molar-refractivity contribution in [3.63, 3.8) is 0 Å². The third-order valence-corrected chi connectivity index (χ3v) is 1.97. The van der Waals surface area contributed by atoms with Crippen LogP contribution in [0.3, 0.4) is 0 Å². The largest absolute Gasteiger partial charge is 0.771 e. The number of rotatable bonds is 5. The van der Waals surface area contributed by atoms with Crippen molar-refractivity contribution in [3.8, 4) is 5.75 Å². The normalized spacial score (nSPS) is 12.4. The maximum absolute atomic E-state index is 10.1. The van der Waals surface area contributed by atoms with E-state index < -0.39 is 11.1 Å². The molecule has 0 aromatic heterocycles. The molecule has 0 spiro atoms. The Kier molecular flexibility index (Phi) is 4.58. The molecule has 14 heavy (non-hydrogen) atoms. The van der Waals surface area contributed by atoms with Crippen molar-refractivity contribution in [1.29, 1.82) is 0 Å². The minimum atomic E-state index is -2.14. The van der Waals surface area contributed by atoms with E-state index in [1.54, 1.807) is 19.2 Å². The highest BCUT2D eigenvalue weighted by Gasteiger charge is 1.94. The lowest BCUT2D eigenvalue weighted by Crippen LogP contribution is -2.01. The molecule has 0 saturated heterocycles. The summed E-state index contributed by atoms with van der Waals surface area (Å²) in [6, 6.07) is 7.25. The predicted molar refractivity (Wildman–Crippen MR) is 51.6 cm³/mol. The van der Waals surface area contributed by atoms with Crippen LogP contribution in [0.4, 0.5) is 0 Å². The molecule has 78 valence electrons. The van der Waals surface area contributed by atoms with Gasteiger partial charge in [-0.25, -0.2) is 0 Å². The highest BCUT2D eigenvalue weighted by Crippen LogP contribution is 2.11. The first-order chi connectivity index (χ1) is 6.72. The Hall–Kier alpha value is -0.910. The fourth-order valence-electron chi connectivity index (χ4n) is 0.949. The second-order valence-corrected chi connectivity index (χ2v) is 3.46. The first kappa shape index (κ1) is 11.2. The molecule has 0 bridgehead atoms. The van der Waals surface area contributed by atoms with Gasteiger partial charge in [-0.15, -0.1) is 0 Å². The number of methoxy groups -OCH3 is 1. The van der Waals surface area contributed by atoms with Crippen LogP contribution in [0.25, 0.3) is 0 Å². The minimum Gasteiger partial charge on any atom is -0.771 e. The Morgan fingerprint density at radius 3 is 2.50 bits per heavy atom. The van der Waals surface area contributed by atoms with Crippen LogP contribution >= 0.6 is 0 Å². The van der Waals surface area contributed by atoms with Crippen molar-refractivity contribution in [2.45, 2.75) is 6.61 Å². The number of hydrogen-bond donors (Lipinski definition) is 0. The molecule has 1 rings (SSSR count). The van der Waals surface area contributed by atoms with Gasteiger partial charge in [0, 0.05) is 0 Å². The van der Waals surface area contributed by atoms with Gasteiger partial charge >= 0.3 is 0 Å². The van der Waals surface area contributed by atoms with E-state index in [-0.39, 0.29) is 12.5 Å². The van der Waals surface area contributed by atoms with E-state index in [0.717, 1.165) is 11.3 Å². The summed E-state index contributed by atoms with van der Waals surface area (Å²) >= 11 is -2.14. The summed E-state index contributed by atoms with van der Waals surface area (Å²) in [7, 11) is 1.59. The molecule has 0 radical (unpaired) electrons. The van der Waals surface area contributed by atoms with Gasteiger partial charge in [0.25, 0.3) is 0 Å². The van der Waals surface area contributed by atoms with Crippen LogP contribution < -0.4 is 4.74 Å². The van der Waals surface area contributed by atoms with Crippen molar-refractivity contribution in [1.82, 2.24) is 0 Å². The van der Waals surface area contributed by atoms with Gasteiger partial charge < -0.3 is 14.0 Å². The molecule has 0 N–H and O–H groups in total. The molecule has 1 aromatic carbocycles. The van der Waals surface area contributed by atoms with Gasteiger partial charge in [-0.05, 0) is 28.8 Å². The van der Waals surface area contributed by atoms with Gasteiger partial charge in [-0.3, -0.25) is 4.21 Å². The first-order valence-corrected chi connectivity index (χ1v) is 5.23. The lowest BCUT2D eigenvalue weighted by atomic mass is 10.2. The van der Waals surface area contributed by atoms with Gasteiger partial charge in [0.15, 0.2) is 0 Å². The molecule has 0 saturated carbocycles. The maximum Gasteiger partial charge on any atom is 0.118 e. The van der Waals surface area contributed by atoms with E-state index in [9.17, 15) is 8.76 Å². The van der Waals surface area contributed by atoms with E-state index in [0.29, 0.717) is 0 Å². The lowest BCUT2D eigenvalue weighted by molar-refractivity contribution is 0.161. The zero-order valence-electron chi connectivity index (χ0n) is 7.76. The van der Waals surface area contributed by atoms with Gasteiger partial charge in [-0.2, -0.15) is 0 Å². The molecule has 0 heterocycles. The van der Waals surface area contributed by atoms with Crippen LogP contribution in [-0.2, 0) is 22.4 Å². The molecular formula is C9H11O4S-. The molecule has 0 aliphatic rings. The molecule has 1 unspecified atom stereocenters. The molecule has 1 aromatic rings. The van der Waals surface area contributed by atoms with Crippen molar-refractivity contribution in [3.05, 3.63) is 29.8 Å². The van der Waals surface area contributed by atoms with E-state index in [2.05, 4.69) is 0 Å². The Morgan fingerprint density at radius 2 is 2.00 bits per heavy atom. The smallest absolute Gasteiger partial charge is 0.118 e. The third-order valence-electron chi connectivity index (χ3n) is 1.61. The van der Waals surface area contributed by atoms with E-state index >= 15 is 0 Å². The summed E-state index contributed by atoms with van der Waals surface area (Å²) in [4.78, 5) is 0. The Balaban J connectivity index is 2.40. The first-order valence-electron chi connectivity index (χ1n) is 3.99. The summed E-state index contributed by atoms with van der Waals surface area (Å²) in [5, 5.41) is 0. The van der Waals surface area contributed by atoms with Gasteiger partial charge in [0.2, 0.25) is 0 Å². The molecule has 0 amide bonds. The van der Waals surface area contributed by atoms with Gasteiger partial charge in [0.1, 0.15) is 11.7 Å². The topological polar surface area (TPSA) is 58.6 Å². The third kappa shape index (κ3) is 3.87. The average Bonchev–Trinajstić information content (AvgIpc) is 2.18. The molecule has 0 aliphatic heterocycles. The van der Waals surface area contributed by atoms with Crippen LogP contribution in [0.15, 0.2) is 24.3 Å². The summed E-state index contributed by atoms with van der Waals surface area (Å²) in [5.74, 6) is 0.493. The number of hydrogen-bond acceptors (Lipinski definition) is 4. The summed E-state index contributed by atoms with van der Waals surface area (Å²) in [6.07, 6.45) is 0. The second kappa shape index (κ2) is 5.74. The highest BCUT2D eigenvalue weighted by molar-refractivity contribution is 7.78. The standard InChI is InChI=1S/C9H12O4S/c1-12-9-4-2-8(3-5-9)6-13-7-14(10)11/h2-5H,6-7H2,1H3,(H,10,11)/p-1. The van der Waals surface area contributed by atoms with Crippen molar-refractivity contribution in [2.24, 2.45) is 0 Å². The van der Waals surface area contributed by atoms with E-state index in [4.69, 9.17) is 9.47 Å². The average molecular weight is 215 g/mol. The molecule has 0 fully saturated rings. The highest BCUT2D eigenvalue weighted by atomic mass is 32.2. The fraction of sp³-hybridized carbons (Fsp3) is 0.333. The fourth-order valence-corrected chi connectivity index (χ4v) is 1.17. The predicted octanol–water partition coefficient (Wildman–Crippen LogP) is 1.05. The van der Waals surface area contributed by atoms with Crippen LogP contribution in [-0.4, -0.2) is 21.8 Å². The summed E-state index contributed by atoms with van der Waals surface area (Å²) in [6.45, 7) is 0.290. The monoisotopic (exact) mass is 215 g/mol. The molecule has 0 aliphatic carbocycles. The molecular weight excluding hydrogens is 204 g/mol. The Bertz CT molecular complexity index is 296. The van der Waals surface area contributed by atoms with Crippen LogP contribution in [0.5, 0.6) is 5.75 Å². The Morgan fingerprint density at radius 1 is 1.36 bits per heavy atom. The van der Waals surface area contributed by atoms with Crippen molar-refractivity contribution < 1.29 is 18.2 Å². The van der Waals surface area contributed by atoms with Crippen LogP contribution in [0.1, 0.15) is 5.56 Å². The molecule has 1 atom stereocenters. The summed E-state index contributed by atoms with van der Waals surface area (Å²) in [5.41, 5.74) is 0.913. The van der Waals surface area contributed by atoms with Gasteiger partial charge in [-0.1, -0.05) is 12.1 Å². The minimum absolute atomic E-state index is 0.272. The van der Waals surface area contributed by atoms with Gasteiger partial charge in [0.05, 0.1) is 13.7 Å². The SMILES string of the molecule is COc1ccc(COCS(=O)[O-])cc1. The zero-order valence-corrected chi connectivity index (χ0v) is 8.58. The quantitative estimate of drug-likeness (QED) is 0.689. The van der Waals surface area contributed by atoms with Crippen molar-refractivity contribution in [2.75, 3.05) is 13.0 Å². The van der Waals surface area contributed by atoms with Crippen molar-refractivity contribution >= 4 is 11.1 Å². The molecule has 4 nitrogen and oxygen atoms in total. The van der Waals surface area contributed by atoms with Crippen LogP contribution in [0.2, 0.25) is 0 Å².